The summed E-state index contributed by atoms with van der Waals surface area (Å²) >= 11 is 3.14. The number of carbonyl (C=O) groups is 1. The molecule has 6 heteroatoms. The van der Waals surface area contributed by atoms with Gasteiger partial charge in [0.05, 0.1) is 29.6 Å². The van der Waals surface area contributed by atoms with Crippen LogP contribution in [0.3, 0.4) is 0 Å². The van der Waals surface area contributed by atoms with Crippen LogP contribution in [0.1, 0.15) is 12.1 Å². The second kappa shape index (κ2) is 5.18. The van der Waals surface area contributed by atoms with Gasteiger partial charge in [0.1, 0.15) is 5.01 Å². The molecule has 0 aliphatic heterocycles. The Kier molecular flexibility index (Phi) is 3.63. The predicted molar refractivity (Wildman–Crippen MR) is 63.6 cm³/mol. The lowest BCUT2D eigenvalue weighted by atomic mass is 10.2. The number of methoxy groups -OCH3 is 1. The molecule has 0 radical (unpaired) electrons. The van der Waals surface area contributed by atoms with Gasteiger partial charge in [0.15, 0.2) is 0 Å². The Hall–Kier alpha value is -1.27. The minimum Gasteiger partial charge on any atom is -0.469 e. The molecule has 0 bridgehead atoms. The van der Waals surface area contributed by atoms with Crippen LogP contribution in [0, 0.1) is 0 Å². The number of thiazole rings is 2. The largest absolute Gasteiger partial charge is 0.469 e. The van der Waals surface area contributed by atoms with Gasteiger partial charge >= 0.3 is 5.97 Å². The Morgan fingerprint density at radius 2 is 2.38 bits per heavy atom. The molecule has 4 nitrogen and oxygen atoms in total. The van der Waals surface area contributed by atoms with Crippen molar-refractivity contribution in [2.75, 3.05) is 7.11 Å². The van der Waals surface area contributed by atoms with Crippen molar-refractivity contribution in [3.63, 3.8) is 0 Å². The molecule has 0 aromatic carbocycles. The van der Waals surface area contributed by atoms with Crippen molar-refractivity contribution < 1.29 is 9.53 Å². The summed E-state index contributed by atoms with van der Waals surface area (Å²) in [7, 11) is 1.39. The van der Waals surface area contributed by atoms with Crippen LogP contribution in [0.2, 0.25) is 0 Å². The fraction of sp³-hybridized carbons (Fsp3) is 0.300. The highest BCUT2D eigenvalue weighted by Gasteiger charge is 2.08. The molecular weight excluding hydrogens is 244 g/mol. The smallest absolute Gasteiger partial charge is 0.305 e. The van der Waals surface area contributed by atoms with E-state index in [0.29, 0.717) is 12.8 Å². The van der Waals surface area contributed by atoms with Gasteiger partial charge < -0.3 is 4.74 Å². The lowest BCUT2D eigenvalue weighted by molar-refractivity contribution is -0.140. The number of hydrogen-bond donors (Lipinski definition) is 0. The molecule has 2 aromatic heterocycles. The van der Waals surface area contributed by atoms with E-state index in [1.54, 1.807) is 34.4 Å². The van der Waals surface area contributed by atoms with Gasteiger partial charge in [-0.2, -0.15) is 0 Å². The normalized spacial score (nSPS) is 10.3. The molecule has 0 atom stereocenters. The lowest BCUT2D eigenvalue weighted by Gasteiger charge is -1.95. The highest BCUT2D eigenvalue weighted by Crippen LogP contribution is 2.26. The summed E-state index contributed by atoms with van der Waals surface area (Å²) in [6, 6.07) is 0. The van der Waals surface area contributed by atoms with Crippen molar-refractivity contribution in [3.05, 3.63) is 22.8 Å². The summed E-state index contributed by atoms with van der Waals surface area (Å²) < 4.78 is 4.58. The van der Waals surface area contributed by atoms with Gasteiger partial charge in [-0.05, 0) is 0 Å². The maximum absolute atomic E-state index is 11.0. The third kappa shape index (κ3) is 2.65. The Balaban J connectivity index is 2.00. The van der Waals surface area contributed by atoms with E-state index < -0.39 is 0 Å². The maximum Gasteiger partial charge on any atom is 0.305 e. The number of rotatable bonds is 4. The number of aryl methyl sites for hydroxylation is 1. The quantitative estimate of drug-likeness (QED) is 0.786. The average Bonchev–Trinajstić information content (AvgIpc) is 2.95. The fourth-order valence-corrected chi connectivity index (χ4v) is 2.74. The summed E-state index contributed by atoms with van der Waals surface area (Å²) in [5.41, 5.74) is 2.71. The van der Waals surface area contributed by atoms with Gasteiger partial charge in [-0.1, -0.05) is 0 Å². The highest BCUT2D eigenvalue weighted by molar-refractivity contribution is 7.19. The topological polar surface area (TPSA) is 52.1 Å². The molecule has 0 N–H and O–H groups in total. The maximum atomic E-state index is 11.0. The number of nitrogens with zero attached hydrogens (tertiary/aromatic N) is 2. The standard InChI is InChI=1S/C10H10N2O2S2/c1-14-9(13)3-2-7-5-15-10(12-7)8-4-11-6-16-8/h4-6H,2-3H2,1H3. The minimum absolute atomic E-state index is 0.202. The van der Waals surface area contributed by atoms with Crippen molar-refractivity contribution in [3.8, 4) is 9.88 Å². The van der Waals surface area contributed by atoms with Crippen molar-refractivity contribution >= 4 is 28.6 Å². The molecule has 2 heterocycles. The van der Waals surface area contributed by atoms with Crippen LogP contribution in [-0.4, -0.2) is 23.0 Å². The second-order valence-electron chi connectivity index (χ2n) is 3.09. The van der Waals surface area contributed by atoms with Gasteiger partial charge in [-0.15, -0.1) is 22.7 Å². The predicted octanol–water partition coefficient (Wildman–Crippen LogP) is 2.37. The van der Waals surface area contributed by atoms with Crippen LogP contribution in [0.25, 0.3) is 9.88 Å². The van der Waals surface area contributed by atoms with Gasteiger partial charge in [0.2, 0.25) is 0 Å². The molecule has 0 amide bonds. The Bertz CT molecular complexity index is 465. The number of esters is 1. The highest BCUT2D eigenvalue weighted by atomic mass is 32.1. The summed E-state index contributed by atoms with van der Waals surface area (Å²) in [5, 5.41) is 2.93. The van der Waals surface area contributed by atoms with Crippen LogP contribution in [-0.2, 0) is 16.0 Å². The lowest BCUT2D eigenvalue weighted by Crippen LogP contribution is -2.01. The van der Waals surface area contributed by atoms with Crippen molar-refractivity contribution in [1.29, 1.82) is 0 Å². The third-order valence-corrected chi connectivity index (χ3v) is 3.84. The van der Waals surface area contributed by atoms with Gasteiger partial charge in [0.25, 0.3) is 0 Å². The van der Waals surface area contributed by atoms with Crippen molar-refractivity contribution in [1.82, 2.24) is 9.97 Å². The molecule has 0 aliphatic rings. The molecule has 2 aromatic rings. The van der Waals surface area contributed by atoms with Crippen molar-refractivity contribution in [2.45, 2.75) is 12.8 Å². The molecule has 2 rings (SSSR count). The zero-order valence-corrected chi connectivity index (χ0v) is 10.3. The van der Waals surface area contributed by atoms with E-state index in [-0.39, 0.29) is 5.97 Å². The third-order valence-electron chi connectivity index (χ3n) is 2.01. The van der Waals surface area contributed by atoms with E-state index in [1.165, 1.54) is 7.11 Å². The molecule has 0 fully saturated rings. The summed E-state index contributed by atoms with van der Waals surface area (Å²) in [6.45, 7) is 0. The molecule has 16 heavy (non-hydrogen) atoms. The van der Waals surface area contributed by atoms with Gasteiger partial charge in [-0.25, -0.2) is 4.98 Å². The first-order chi connectivity index (χ1) is 7.79. The molecular formula is C10H10N2O2S2. The summed E-state index contributed by atoms with van der Waals surface area (Å²) in [6.07, 6.45) is 2.80. The van der Waals surface area contributed by atoms with Gasteiger partial charge in [0, 0.05) is 18.0 Å². The molecule has 0 saturated carbocycles. The van der Waals surface area contributed by atoms with Crippen LogP contribution < -0.4 is 0 Å². The van der Waals surface area contributed by atoms with E-state index >= 15 is 0 Å². The first-order valence-electron chi connectivity index (χ1n) is 4.69. The second-order valence-corrected chi connectivity index (χ2v) is 4.83. The van der Waals surface area contributed by atoms with E-state index in [4.69, 9.17) is 0 Å². The summed E-state index contributed by atoms with van der Waals surface area (Å²) in [5.74, 6) is -0.202. The van der Waals surface area contributed by atoms with Gasteiger partial charge in [-0.3, -0.25) is 9.78 Å². The molecule has 0 aliphatic carbocycles. The van der Waals surface area contributed by atoms with E-state index in [0.717, 1.165) is 15.6 Å². The average molecular weight is 254 g/mol. The van der Waals surface area contributed by atoms with Crippen LogP contribution in [0.15, 0.2) is 17.1 Å². The summed E-state index contributed by atoms with van der Waals surface area (Å²) in [4.78, 5) is 20.5. The number of ether oxygens (including phenoxy) is 1. The van der Waals surface area contributed by atoms with E-state index in [9.17, 15) is 4.79 Å². The fourth-order valence-electron chi connectivity index (χ4n) is 1.19. The molecule has 0 unspecified atom stereocenters. The van der Waals surface area contributed by atoms with Crippen LogP contribution in [0.5, 0.6) is 0 Å². The number of aromatic nitrogens is 2. The molecule has 0 saturated heterocycles. The zero-order chi connectivity index (χ0) is 11.4. The van der Waals surface area contributed by atoms with Crippen LogP contribution in [0.4, 0.5) is 0 Å². The Morgan fingerprint density at radius 3 is 3.06 bits per heavy atom. The Labute approximate surface area is 101 Å². The van der Waals surface area contributed by atoms with E-state index in [1.807, 2.05) is 5.38 Å². The Morgan fingerprint density at radius 1 is 1.50 bits per heavy atom. The van der Waals surface area contributed by atoms with Crippen molar-refractivity contribution in [2.24, 2.45) is 0 Å². The molecule has 0 spiro atoms. The van der Waals surface area contributed by atoms with E-state index in [2.05, 4.69) is 14.7 Å². The zero-order valence-electron chi connectivity index (χ0n) is 8.67. The molecule has 84 valence electrons. The minimum atomic E-state index is -0.202. The monoisotopic (exact) mass is 254 g/mol. The number of carbonyl (C=O) groups excluding carboxylic acids is 1. The number of hydrogen-bond acceptors (Lipinski definition) is 6. The SMILES string of the molecule is COC(=O)CCc1csc(-c2cncs2)n1. The first-order valence-corrected chi connectivity index (χ1v) is 6.45. The first kappa shape index (κ1) is 11.2. The van der Waals surface area contributed by atoms with Crippen LogP contribution >= 0.6 is 22.7 Å².